The van der Waals surface area contributed by atoms with Crippen LogP contribution >= 0.6 is 0 Å². The second-order valence-corrected chi connectivity index (χ2v) is 13.3. The standard InChI is InChI=1S/C20H32N2O4S2/c1-5-21-10-12-22(13-11-21)18-14-27(23,24)15-19(18)28(25,26)17-8-6-16(7-9-17)20(2,3)4/h6-9,18-19H,5,10-15H2,1-4H3/t18-,19+/m0/s1. The third-order valence-electron chi connectivity index (χ3n) is 6.04. The van der Waals surface area contributed by atoms with Crippen LogP contribution in [-0.2, 0) is 25.1 Å². The lowest BCUT2D eigenvalue weighted by Gasteiger charge is -2.39. The first kappa shape index (κ1) is 21.7. The van der Waals surface area contributed by atoms with Gasteiger partial charge in [-0.3, -0.25) is 4.90 Å². The molecule has 0 N–H and O–H groups in total. The summed E-state index contributed by atoms with van der Waals surface area (Å²) in [5.41, 5.74) is 0.984. The van der Waals surface area contributed by atoms with Gasteiger partial charge in [-0.05, 0) is 29.7 Å². The zero-order valence-electron chi connectivity index (χ0n) is 17.3. The number of rotatable bonds is 4. The summed E-state index contributed by atoms with van der Waals surface area (Å²) in [7, 11) is -7.09. The van der Waals surface area contributed by atoms with Crippen LogP contribution in [0, 0.1) is 0 Å². The van der Waals surface area contributed by atoms with Crippen LogP contribution in [0.25, 0.3) is 0 Å². The average molecular weight is 429 g/mol. The lowest BCUT2D eigenvalue weighted by Crippen LogP contribution is -2.54. The molecule has 0 saturated carbocycles. The predicted octanol–water partition coefficient (Wildman–Crippen LogP) is 1.56. The van der Waals surface area contributed by atoms with E-state index in [9.17, 15) is 16.8 Å². The summed E-state index contributed by atoms with van der Waals surface area (Å²) in [5.74, 6) is -0.349. The Balaban J connectivity index is 1.88. The van der Waals surface area contributed by atoms with Gasteiger partial charge in [0.05, 0.1) is 21.7 Å². The Morgan fingerprint density at radius 1 is 1.00 bits per heavy atom. The summed E-state index contributed by atoms with van der Waals surface area (Å²) in [4.78, 5) is 4.59. The maximum absolute atomic E-state index is 13.4. The van der Waals surface area contributed by atoms with Crippen LogP contribution in [0.2, 0.25) is 0 Å². The Morgan fingerprint density at radius 3 is 2.07 bits per heavy atom. The van der Waals surface area contributed by atoms with Crippen molar-refractivity contribution < 1.29 is 16.8 Å². The SMILES string of the molecule is CCN1CCN([C@H]2CS(=O)(=O)C[C@H]2S(=O)(=O)c2ccc(C(C)(C)C)cc2)CC1. The summed E-state index contributed by atoms with van der Waals surface area (Å²) in [6.45, 7) is 12.4. The Morgan fingerprint density at radius 2 is 1.57 bits per heavy atom. The molecule has 0 spiro atoms. The Labute approximate surface area is 169 Å². The second-order valence-electron chi connectivity index (χ2n) is 8.97. The normalized spacial score (nSPS) is 27.1. The molecule has 0 aliphatic carbocycles. The van der Waals surface area contributed by atoms with Gasteiger partial charge in [-0.25, -0.2) is 16.8 Å². The molecule has 2 aliphatic heterocycles. The largest absolute Gasteiger partial charge is 0.301 e. The molecule has 6 nitrogen and oxygen atoms in total. The first-order valence-corrected chi connectivity index (χ1v) is 13.3. The zero-order valence-corrected chi connectivity index (χ0v) is 18.9. The molecule has 2 saturated heterocycles. The van der Waals surface area contributed by atoms with E-state index in [1.54, 1.807) is 12.1 Å². The molecular weight excluding hydrogens is 396 g/mol. The van der Waals surface area contributed by atoms with Gasteiger partial charge < -0.3 is 4.90 Å². The van der Waals surface area contributed by atoms with Gasteiger partial charge in [-0.2, -0.15) is 0 Å². The van der Waals surface area contributed by atoms with Crippen LogP contribution < -0.4 is 0 Å². The van der Waals surface area contributed by atoms with E-state index in [-0.39, 0.29) is 21.8 Å². The van der Waals surface area contributed by atoms with Gasteiger partial charge >= 0.3 is 0 Å². The van der Waals surface area contributed by atoms with Gasteiger partial charge in [0.2, 0.25) is 0 Å². The lowest BCUT2D eigenvalue weighted by atomic mass is 9.87. The number of nitrogens with zero attached hydrogens (tertiary/aromatic N) is 2. The van der Waals surface area contributed by atoms with E-state index in [0.717, 1.165) is 25.2 Å². The number of hydrogen-bond acceptors (Lipinski definition) is 6. The Hall–Kier alpha value is -0.960. The maximum Gasteiger partial charge on any atom is 0.183 e. The van der Waals surface area contributed by atoms with Crippen LogP contribution in [0.4, 0.5) is 0 Å². The first-order chi connectivity index (χ1) is 12.9. The molecule has 2 atom stereocenters. The van der Waals surface area contributed by atoms with Crippen molar-refractivity contribution in [2.45, 2.75) is 49.3 Å². The van der Waals surface area contributed by atoms with E-state index >= 15 is 0 Å². The Bertz CT molecular complexity index is 895. The van der Waals surface area contributed by atoms with E-state index in [0.29, 0.717) is 13.1 Å². The van der Waals surface area contributed by atoms with Crippen molar-refractivity contribution in [2.75, 3.05) is 44.2 Å². The van der Waals surface area contributed by atoms with Crippen LogP contribution in [-0.4, -0.2) is 82.2 Å². The lowest BCUT2D eigenvalue weighted by molar-refractivity contribution is 0.109. The van der Waals surface area contributed by atoms with Crippen LogP contribution in [0.5, 0.6) is 0 Å². The highest BCUT2D eigenvalue weighted by Gasteiger charge is 2.48. The summed E-state index contributed by atoms with van der Waals surface area (Å²) in [5, 5.41) is -0.897. The van der Waals surface area contributed by atoms with E-state index in [4.69, 9.17) is 0 Å². The molecule has 8 heteroatoms. The van der Waals surface area contributed by atoms with Crippen molar-refractivity contribution in [3.05, 3.63) is 29.8 Å². The fraction of sp³-hybridized carbons (Fsp3) is 0.700. The van der Waals surface area contributed by atoms with Gasteiger partial charge in [-0.15, -0.1) is 0 Å². The minimum Gasteiger partial charge on any atom is -0.301 e. The molecule has 2 fully saturated rings. The van der Waals surface area contributed by atoms with Crippen molar-refractivity contribution in [1.82, 2.24) is 9.80 Å². The summed E-state index contributed by atoms with van der Waals surface area (Å²) < 4.78 is 51.5. The number of benzene rings is 1. The van der Waals surface area contributed by atoms with Gasteiger partial charge in [0, 0.05) is 32.2 Å². The molecule has 0 bridgehead atoms. The van der Waals surface area contributed by atoms with Gasteiger partial charge in [0.15, 0.2) is 19.7 Å². The average Bonchev–Trinajstić information content (AvgIpc) is 2.97. The first-order valence-electron chi connectivity index (χ1n) is 9.95. The van der Waals surface area contributed by atoms with Crippen molar-refractivity contribution in [2.24, 2.45) is 0 Å². The summed E-state index contributed by atoms with van der Waals surface area (Å²) in [6.07, 6.45) is 0. The van der Waals surface area contributed by atoms with Crippen molar-refractivity contribution in [3.63, 3.8) is 0 Å². The van der Waals surface area contributed by atoms with E-state index < -0.39 is 31.0 Å². The second kappa shape index (κ2) is 7.70. The quantitative estimate of drug-likeness (QED) is 0.725. The number of piperazine rings is 1. The van der Waals surface area contributed by atoms with Crippen molar-refractivity contribution in [3.8, 4) is 0 Å². The molecular formula is C20H32N2O4S2. The maximum atomic E-state index is 13.4. The minimum atomic E-state index is -3.72. The third-order valence-corrected chi connectivity index (χ3v) is 10.2. The van der Waals surface area contributed by atoms with Gasteiger partial charge in [0.1, 0.15) is 0 Å². The highest BCUT2D eigenvalue weighted by Crippen LogP contribution is 2.31. The van der Waals surface area contributed by atoms with E-state index in [2.05, 4.69) is 37.5 Å². The predicted molar refractivity (Wildman–Crippen MR) is 112 cm³/mol. The van der Waals surface area contributed by atoms with Crippen molar-refractivity contribution >= 4 is 19.7 Å². The molecule has 1 aromatic carbocycles. The summed E-state index contributed by atoms with van der Waals surface area (Å²) in [6, 6.07) is 6.48. The minimum absolute atomic E-state index is 0.0664. The Kier molecular flexibility index (Phi) is 5.98. The van der Waals surface area contributed by atoms with E-state index in [1.165, 1.54) is 0 Å². The molecule has 2 aliphatic rings. The molecule has 0 amide bonds. The molecule has 0 aromatic heterocycles. The smallest absolute Gasteiger partial charge is 0.183 e. The number of sulfone groups is 2. The molecule has 1 aromatic rings. The molecule has 3 rings (SSSR count). The molecule has 158 valence electrons. The number of hydrogen-bond donors (Lipinski definition) is 0. The molecule has 28 heavy (non-hydrogen) atoms. The van der Waals surface area contributed by atoms with Crippen LogP contribution in [0.1, 0.15) is 33.3 Å². The van der Waals surface area contributed by atoms with Gasteiger partial charge in [0.25, 0.3) is 0 Å². The molecule has 0 unspecified atom stereocenters. The molecule has 2 heterocycles. The summed E-state index contributed by atoms with van der Waals surface area (Å²) >= 11 is 0. The topological polar surface area (TPSA) is 74.8 Å². The van der Waals surface area contributed by atoms with Gasteiger partial charge in [-0.1, -0.05) is 39.8 Å². The monoisotopic (exact) mass is 428 g/mol. The number of likely N-dealkylation sites (N-methyl/N-ethyl adjacent to an activating group) is 1. The van der Waals surface area contributed by atoms with E-state index in [1.807, 2.05) is 12.1 Å². The fourth-order valence-electron chi connectivity index (χ4n) is 4.16. The zero-order chi connectivity index (χ0) is 20.7. The van der Waals surface area contributed by atoms with Crippen LogP contribution in [0.15, 0.2) is 29.2 Å². The highest BCUT2D eigenvalue weighted by molar-refractivity contribution is 7.96. The van der Waals surface area contributed by atoms with Crippen molar-refractivity contribution in [1.29, 1.82) is 0 Å². The van der Waals surface area contributed by atoms with Crippen LogP contribution in [0.3, 0.4) is 0 Å². The highest BCUT2D eigenvalue weighted by atomic mass is 32.2. The fourth-order valence-corrected chi connectivity index (χ4v) is 8.99. The third kappa shape index (κ3) is 4.45. The molecule has 0 radical (unpaired) electrons.